The van der Waals surface area contributed by atoms with Gasteiger partial charge in [-0.2, -0.15) is 0 Å². The maximum Gasteiger partial charge on any atom is 0.254 e. The zero-order chi connectivity index (χ0) is 19.9. The highest BCUT2D eigenvalue weighted by Gasteiger charge is 2.25. The predicted molar refractivity (Wildman–Crippen MR) is 107 cm³/mol. The summed E-state index contributed by atoms with van der Waals surface area (Å²) in [4.78, 5) is 29.1. The van der Waals surface area contributed by atoms with Crippen LogP contribution in [0, 0.1) is 0 Å². The van der Waals surface area contributed by atoms with Crippen molar-refractivity contribution < 1.29 is 19.1 Å². The fourth-order valence-electron chi connectivity index (χ4n) is 3.25. The summed E-state index contributed by atoms with van der Waals surface area (Å²) in [6, 6.07) is 14.4. The quantitative estimate of drug-likeness (QED) is 0.770. The van der Waals surface area contributed by atoms with Gasteiger partial charge in [-0.1, -0.05) is 12.1 Å². The smallest absolute Gasteiger partial charge is 0.254 e. The molecule has 0 radical (unpaired) electrons. The summed E-state index contributed by atoms with van der Waals surface area (Å²) in [6.07, 6.45) is 0. The van der Waals surface area contributed by atoms with Gasteiger partial charge in [0.25, 0.3) is 11.8 Å². The van der Waals surface area contributed by atoms with Crippen LogP contribution in [0.15, 0.2) is 48.5 Å². The molecule has 1 fully saturated rings. The first-order chi connectivity index (χ1) is 13.6. The third-order valence-corrected chi connectivity index (χ3v) is 4.64. The molecule has 1 aliphatic heterocycles. The number of amides is 2. The van der Waals surface area contributed by atoms with Gasteiger partial charge in [0.15, 0.2) is 0 Å². The minimum absolute atomic E-state index is 0.0352. The van der Waals surface area contributed by atoms with Crippen LogP contribution in [0.5, 0.6) is 11.5 Å². The molecule has 2 amide bonds. The van der Waals surface area contributed by atoms with Crippen molar-refractivity contribution in [2.24, 2.45) is 0 Å². The molecule has 0 N–H and O–H groups in total. The first-order valence-corrected chi connectivity index (χ1v) is 9.66. The van der Waals surface area contributed by atoms with Gasteiger partial charge < -0.3 is 19.3 Å². The van der Waals surface area contributed by atoms with Crippen LogP contribution in [0.25, 0.3) is 0 Å². The molecule has 148 valence electrons. The number of carbonyl (C=O) groups is 2. The Balaban J connectivity index is 1.61. The second kappa shape index (κ2) is 9.26. The van der Waals surface area contributed by atoms with Crippen LogP contribution in [-0.4, -0.2) is 61.0 Å². The van der Waals surface area contributed by atoms with Gasteiger partial charge in [0.1, 0.15) is 11.5 Å². The molecule has 2 aromatic rings. The Labute approximate surface area is 165 Å². The van der Waals surface area contributed by atoms with E-state index in [9.17, 15) is 9.59 Å². The standard InChI is InChI=1S/C22H26N2O4/c1-3-27-19-9-5-7-17(15-19)21(25)23-11-13-24(14-12-23)22(26)18-8-6-10-20(16-18)28-4-2/h5-10,15-16H,3-4,11-14H2,1-2H3. The summed E-state index contributed by atoms with van der Waals surface area (Å²) in [5.41, 5.74) is 1.21. The van der Waals surface area contributed by atoms with Crippen molar-refractivity contribution in [2.45, 2.75) is 13.8 Å². The Morgan fingerprint density at radius 1 is 0.750 bits per heavy atom. The van der Waals surface area contributed by atoms with Crippen LogP contribution < -0.4 is 9.47 Å². The number of piperazine rings is 1. The van der Waals surface area contributed by atoms with Gasteiger partial charge in [-0.25, -0.2) is 0 Å². The maximum absolute atomic E-state index is 12.8. The number of hydrogen-bond donors (Lipinski definition) is 0. The zero-order valence-corrected chi connectivity index (χ0v) is 16.4. The number of hydrogen-bond acceptors (Lipinski definition) is 4. The van der Waals surface area contributed by atoms with E-state index in [1.54, 1.807) is 34.1 Å². The van der Waals surface area contributed by atoms with Crippen molar-refractivity contribution >= 4 is 11.8 Å². The molecular weight excluding hydrogens is 356 g/mol. The number of carbonyl (C=O) groups excluding carboxylic acids is 2. The average Bonchev–Trinajstić information content (AvgIpc) is 2.74. The van der Waals surface area contributed by atoms with Crippen LogP contribution in [0.2, 0.25) is 0 Å². The highest BCUT2D eigenvalue weighted by Crippen LogP contribution is 2.18. The van der Waals surface area contributed by atoms with E-state index in [1.165, 1.54) is 0 Å². The number of rotatable bonds is 6. The monoisotopic (exact) mass is 382 g/mol. The van der Waals surface area contributed by atoms with Crippen molar-refractivity contribution in [3.63, 3.8) is 0 Å². The Bertz CT molecular complexity index is 759. The van der Waals surface area contributed by atoms with Gasteiger partial charge in [0, 0.05) is 37.3 Å². The summed E-state index contributed by atoms with van der Waals surface area (Å²) in [6.45, 7) is 6.97. The SMILES string of the molecule is CCOc1cccc(C(=O)N2CCN(C(=O)c3cccc(OCC)c3)CC2)c1. The van der Waals surface area contributed by atoms with E-state index in [4.69, 9.17) is 9.47 Å². The molecule has 3 rings (SSSR count). The van der Waals surface area contributed by atoms with Crippen molar-refractivity contribution in [3.8, 4) is 11.5 Å². The highest BCUT2D eigenvalue weighted by atomic mass is 16.5. The molecule has 6 nitrogen and oxygen atoms in total. The van der Waals surface area contributed by atoms with Crippen LogP contribution in [0.3, 0.4) is 0 Å². The minimum atomic E-state index is -0.0352. The lowest BCUT2D eigenvalue weighted by atomic mass is 10.1. The predicted octanol–water partition coefficient (Wildman–Crippen LogP) is 3.08. The van der Waals surface area contributed by atoms with Crippen molar-refractivity contribution in [3.05, 3.63) is 59.7 Å². The third-order valence-electron chi connectivity index (χ3n) is 4.64. The molecule has 0 aromatic heterocycles. The van der Waals surface area contributed by atoms with E-state index in [2.05, 4.69) is 0 Å². The molecule has 28 heavy (non-hydrogen) atoms. The van der Waals surface area contributed by atoms with Crippen molar-refractivity contribution in [1.82, 2.24) is 9.80 Å². The minimum Gasteiger partial charge on any atom is -0.494 e. The van der Waals surface area contributed by atoms with E-state index in [0.717, 1.165) is 0 Å². The van der Waals surface area contributed by atoms with Gasteiger partial charge in [0.05, 0.1) is 13.2 Å². The lowest BCUT2D eigenvalue weighted by Crippen LogP contribution is -2.50. The summed E-state index contributed by atoms with van der Waals surface area (Å²) in [7, 11) is 0. The molecule has 1 aliphatic rings. The molecule has 2 aromatic carbocycles. The van der Waals surface area contributed by atoms with E-state index in [1.807, 2.05) is 38.1 Å². The molecule has 0 saturated carbocycles. The number of ether oxygens (including phenoxy) is 2. The summed E-state index contributed by atoms with van der Waals surface area (Å²) in [5, 5.41) is 0. The average molecular weight is 382 g/mol. The summed E-state index contributed by atoms with van der Waals surface area (Å²) in [5.74, 6) is 1.31. The molecule has 0 unspecified atom stereocenters. The normalized spacial score (nSPS) is 13.9. The Morgan fingerprint density at radius 3 is 1.50 bits per heavy atom. The second-order valence-electron chi connectivity index (χ2n) is 6.51. The second-order valence-corrected chi connectivity index (χ2v) is 6.51. The Kier molecular flexibility index (Phi) is 6.53. The number of benzene rings is 2. The van der Waals surface area contributed by atoms with Crippen LogP contribution >= 0.6 is 0 Å². The molecule has 1 heterocycles. The van der Waals surface area contributed by atoms with E-state index in [-0.39, 0.29) is 11.8 Å². The molecule has 1 saturated heterocycles. The van der Waals surface area contributed by atoms with E-state index in [0.29, 0.717) is 62.0 Å². The maximum atomic E-state index is 12.8. The summed E-state index contributed by atoms with van der Waals surface area (Å²) < 4.78 is 10.9. The van der Waals surface area contributed by atoms with E-state index >= 15 is 0 Å². The Morgan fingerprint density at radius 2 is 1.14 bits per heavy atom. The third kappa shape index (κ3) is 4.63. The fourth-order valence-corrected chi connectivity index (χ4v) is 3.25. The lowest BCUT2D eigenvalue weighted by Gasteiger charge is -2.35. The van der Waals surface area contributed by atoms with Crippen molar-refractivity contribution in [2.75, 3.05) is 39.4 Å². The lowest BCUT2D eigenvalue weighted by molar-refractivity contribution is 0.0535. The number of nitrogens with zero attached hydrogens (tertiary/aromatic N) is 2. The first-order valence-electron chi connectivity index (χ1n) is 9.66. The molecular formula is C22H26N2O4. The molecule has 0 spiro atoms. The zero-order valence-electron chi connectivity index (χ0n) is 16.4. The largest absolute Gasteiger partial charge is 0.494 e. The molecule has 0 atom stereocenters. The van der Waals surface area contributed by atoms with E-state index < -0.39 is 0 Å². The first kappa shape index (κ1) is 19.7. The van der Waals surface area contributed by atoms with Crippen molar-refractivity contribution in [1.29, 1.82) is 0 Å². The molecule has 6 heteroatoms. The molecule has 0 bridgehead atoms. The summed E-state index contributed by atoms with van der Waals surface area (Å²) >= 11 is 0. The van der Waals surface area contributed by atoms with Gasteiger partial charge in [-0.15, -0.1) is 0 Å². The van der Waals surface area contributed by atoms with Crippen LogP contribution in [-0.2, 0) is 0 Å². The van der Waals surface area contributed by atoms with Crippen LogP contribution in [0.1, 0.15) is 34.6 Å². The van der Waals surface area contributed by atoms with Gasteiger partial charge in [0.2, 0.25) is 0 Å². The van der Waals surface area contributed by atoms with Gasteiger partial charge in [-0.3, -0.25) is 9.59 Å². The fraction of sp³-hybridized carbons (Fsp3) is 0.364. The van der Waals surface area contributed by atoms with Crippen LogP contribution in [0.4, 0.5) is 0 Å². The topological polar surface area (TPSA) is 59.1 Å². The molecule has 0 aliphatic carbocycles. The van der Waals surface area contributed by atoms with Gasteiger partial charge in [-0.05, 0) is 50.2 Å². The highest BCUT2D eigenvalue weighted by molar-refractivity contribution is 5.96. The Hall–Kier alpha value is -3.02. The van der Waals surface area contributed by atoms with Gasteiger partial charge >= 0.3 is 0 Å².